The Morgan fingerprint density at radius 2 is 2.29 bits per heavy atom. The number of anilines is 2. The third-order valence-electron chi connectivity index (χ3n) is 4.54. The molecule has 0 bridgehead atoms. The maximum Gasteiger partial charge on any atom is 0.227 e. The molecule has 1 aromatic carbocycles. The molecule has 0 spiro atoms. The molecular weight excluding hydrogens is 264 g/mol. The number of fused-ring (bicyclic) bond motifs is 1. The van der Waals surface area contributed by atoms with E-state index < -0.39 is 0 Å². The van der Waals surface area contributed by atoms with Gasteiger partial charge in [0.1, 0.15) is 0 Å². The molecule has 4 nitrogen and oxygen atoms in total. The Hall–Kier alpha value is -1.55. The predicted molar refractivity (Wildman–Crippen MR) is 84.3 cm³/mol. The van der Waals surface area contributed by atoms with Gasteiger partial charge in [0.05, 0.1) is 6.10 Å². The summed E-state index contributed by atoms with van der Waals surface area (Å²) in [7, 11) is 0. The molecule has 0 aromatic heterocycles. The van der Waals surface area contributed by atoms with Crippen molar-refractivity contribution < 1.29 is 9.53 Å². The highest BCUT2D eigenvalue weighted by molar-refractivity contribution is 5.96. The van der Waals surface area contributed by atoms with Crippen LogP contribution >= 0.6 is 0 Å². The number of ether oxygens (including phenoxy) is 1. The van der Waals surface area contributed by atoms with Gasteiger partial charge in [-0.15, -0.1) is 0 Å². The normalized spacial score (nSPS) is 24.9. The second kappa shape index (κ2) is 6.06. The molecule has 1 amide bonds. The summed E-state index contributed by atoms with van der Waals surface area (Å²) in [5.74, 6) is 0.209. The first-order valence-corrected chi connectivity index (χ1v) is 7.97. The monoisotopic (exact) mass is 288 g/mol. The van der Waals surface area contributed by atoms with Crippen LogP contribution in [0.4, 0.5) is 11.4 Å². The Labute approximate surface area is 126 Å². The van der Waals surface area contributed by atoms with Gasteiger partial charge in [0, 0.05) is 30.4 Å². The van der Waals surface area contributed by atoms with Crippen LogP contribution in [0, 0.1) is 0 Å². The maximum atomic E-state index is 12.6. The van der Waals surface area contributed by atoms with Crippen LogP contribution in [0.2, 0.25) is 0 Å². The van der Waals surface area contributed by atoms with Gasteiger partial charge < -0.3 is 15.4 Å². The van der Waals surface area contributed by atoms with Crippen molar-refractivity contribution in [2.75, 3.05) is 17.2 Å². The lowest BCUT2D eigenvalue weighted by Gasteiger charge is -2.26. The number of carbonyl (C=O) groups is 1. The van der Waals surface area contributed by atoms with Gasteiger partial charge in [0.2, 0.25) is 5.91 Å². The van der Waals surface area contributed by atoms with Gasteiger partial charge in [0.15, 0.2) is 0 Å². The number of hydrogen-bond acceptors (Lipinski definition) is 3. The molecule has 2 heterocycles. The minimum absolute atomic E-state index is 0.209. The molecular formula is C17H24N2O2. The highest BCUT2D eigenvalue weighted by Crippen LogP contribution is 2.34. The first kappa shape index (κ1) is 14.4. The zero-order valence-electron chi connectivity index (χ0n) is 12.7. The number of hydrogen-bond donors (Lipinski definition) is 1. The summed E-state index contributed by atoms with van der Waals surface area (Å²) in [5, 5.41) is 0. The standard InChI is InChI=1S/C17H24N2O2/c1-12-10-13-11-14(18)5-7-16(13)19(12)17(20)8-6-15-4-2-3-9-21-15/h5,7,11-12,15H,2-4,6,8-10,18H2,1H3. The van der Waals surface area contributed by atoms with Crippen LogP contribution < -0.4 is 10.6 Å². The van der Waals surface area contributed by atoms with Gasteiger partial charge in [-0.25, -0.2) is 0 Å². The lowest BCUT2D eigenvalue weighted by Crippen LogP contribution is -2.36. The Balaban J connectivity index is 1.64. The van der Waals surface area contributed by atoms with Crippen molar-refractivity contribution in [3.05, 3.63) is 23.8 Å². The Bertz CT molecular complexity index is 524. The minimum atomic E-state index is 0.209. The van der Waals surface area contributed by atoms with E-state index in [9.17, 15) is 4.79 Å². The molecule has 2 N–H and O–H groups in total. The molecule has 2 aliphatic rings. The fourth-order valence-corrected chi connectivity index (χ4v) is 3.47. The summed E-state index contributed by atoms with van der Waals surface area (Å²) in [5.41, 5.74) is 8.82. The van der Waals surface area contributed by atoms with Crippen LogP contribution in [0.15, 0.2) is 18.2 Å². The summed E-state index contributed by atoms with van der Waals surface area (Å²) < 4.78 is 5.72. The number of nitrogen functional groups attached to an aromatic ring is 1. The minimum Gasteiger partial charge on any atom is -0.399 e. The van der Waals surface area contributed by atoms with E-state index in [0.29, 0.717) is 6.42 Å². The number of nitrogens with zero attached hydrogens (tertiary/aromatic N) is 1. The molecule has 0 radical (unpaired) electrons. The summed E-state index contributed by atoms with van der Waals surface area (Å²) in [6.45, 7) is 2.95. The molecule has 3 rings (SSSR count). The molecule has 21 heavy (non-hydrogen) atoms. The number of benzene rings is 1. The van der Waals surface area contributed by atoms with Crippen LogP contribution in [0.1, 0.15) is 44.6 Å². The zero-order valence-corrected chi connectivity index (χ0v) is 12.7. The third kappa shape index (κ3) is 3.05. The van der Waals surface area contributed by atoms with Gasteiger partial charge in [0.25, 0.3) is 0 Å². The van der Waals surface area contributed by atoms with E-state index in [1.807, 2.05) is 23.1 Å². The van der Waals surface area contributed by atoms with Crippen LogP contribution in [0.3, 0.4) is 0 Å². The molecule has 2 unspecified atom stereocenters. The van der Waals surface area contributed by atoms with Crippen LogP contribution in [0.25, 0.3) is 0 Å². The third-order valence-corrected chi connectivity index (χ3v) is 4.54. The van der Waals surface area contributed by atoms with Crippen molar-refractivity contribution in [1.29, 1.82) is 0 Å². The summed E-state index contributed by atoms with van der Waals surface area (Å²) in [6, 6.07) is 6.06. The van der Waals surface area contributed by atoms with E-state index in [1.54, 1.807) is 0 Å². The second-order valence-electron chi connectivity index (χ2n) is 6.23. The molecule has 4 heteroatoms. The van der Waals surface area contributed by atoms with Gasteiger partial charge in [-0.1, -0.05) is 0 Å². The van der Waals surface area contributed by atoms with Crippen molar-refractivity contribution in [3.8, 4) is 0 Å². The smallest absolute Gasteiger partial charge is 0.227 e. The fourth-order valence-electron chi connectivity index (χ4n) is 3.47. The maximum absolute atomic E-state index is 12.6. The van der Waals surface area contributed by atoms with Gasteiger partial charge in [-0.2, -0.15) is 0 Å². The lowest BCUT2D eigenvalue weighted by molar-refractivity contribution is -0.119. The van der Waals surface area contributed by atoms with Crippen molar-refractivity contribution in [1.82, 2.24) is 0 Å². The van der Waals surface area contributed by atoms with E-state index in [1.165, 1.54) is 12.0 Å². The van der Waals surface area contributed by atoms with Crippen LogP contribution in [-0.4, -0.2) is 24.7 Å². The van der Waals surface area contributed by atoms with Crippen molar-refractivity contribution in [3.63, 3.8) is 0 Å². The van der Waals surface area contributed by atoms with Crippen LogP contribution in [0.5, 0.6) is 0 Å². The lowest BCUT2D eigenvalue weighted by atomic mass is 10.0. The largest absolute Gasteiger partial charge is 0.399 e. The van der Waals surface area contributed by atoms with Crippen LogP contribution in [-0.2, 0) is 16.0 Å². The van der Waals surface area contributed by atoms with Gasteiger partial charge in [-0.05, 0) is 62.8 Å². The second-order valence-corrected chi connectivity index (χ2v) is 6.23. The Kier molecular flexibility index (Phi) is 4.15. The van der Waals surface area contributed by atoms with Crippen molar-refractivity contribution in [2.24, 2.45) is 0 Å². The number of nitrogens with two attached hydrogens (primary N) is 1. The van der Waals surface area contributed by atoms with Gasteiger partial charge >= 0.3 is 0 Å². The van der Waals surface area contributed by atoms with E-state index in [2.05, 4.69) is 6.92 Å². The van der Waals surface area contributed by atoms with E-state index in [-0.39, 0.29) is 18.1 Å². The van der Waals surface area contributed by atoms with Gasteiger partial charge in [-0.3, -0.25) is 4.79 Å². The molecule has 114 valence electrons. The fraction of sp³-hybridized carbons (Fsp3) is 0.588. The number of carbonyl (C=O) groups excluding carboxylic acids is 1. The average Bonchev–Trinajstić information content (AvgIpc) is 2.81. The SMILES string of the molecule is CC1Cc2cc(N)ccc2N1C(=O)CCC1CCCCO1. The molecule has 2 atom stereocenters. The Morgan fingerprint density at radius 3 is 3.05 bits per heavy atom. The highest BCUT2D eigenvalue weighted by Gasteiger charge is 2.31. The molecule has 2 aliphatic heterocycles. The molecule has 0 saturated carbocycles. The summed E-state index contributed by atoms with van der Waals surface area (Å²) in [6.07, 6.45) is 6.04. The molecule has 1 saturated heterocycles. The number of rotatable bonds is 3. The Morgan fingerprint density at radius 1 is 1.43 bits per heavy atom. The van der Waals surface area contributed by atoms with Crippen molar-refractivity contribution >= 4 is 17.3 Å². The highest BCUT2D eigenvalue weighted by atomic mass is 16.5. The van der Waals surface area contributed by atoms with E-state index >= 15 is 0 Å². The summed E-state index contributed by atoms with van der Waals surface area (Å²) >= 11 is 0. The zero-order chi connectivity index (χ0) is 14.8. The first-order valence-electron chi connectivity index (χ1n) is 7.97. The molecule has 1 aromatic rings. The average molecular weight is 288 g/mol. The number of amides is 1. The molecule has 0 aliphatic carbocycles. The topological polar surface area (TPSA) is 55.6 Å². The van der Waals surface area contributed by atoms with E-state index in [4.69, 9.17) is 10.5 Å². The van der Waals surface area contributed by atoms with Crippen molar-refractivity contribution in [2.45, 2.75) is 57.6 Å². The summed E-state index contributed by atoms with van der Waals surface area (Å²) in [4.78, 5) is 14.5. The predicted octanol–water partition coefficient (Wildman–Crippen LogP) is 2.90. The first-order chi connectivity index (χ1) is 10.1. The van der Waals surface area contributed by atoms with E-state index in [0.717, 1.165) is 43.7 Å². The quantitative estimate of drug-likeness (QED) is 0.870. The molecule has 1 fully saturated rings.